The van der Waals surface area contributed by atoms with E-state index in [0.29, 0.717) is 0 Å². The molecule has 0 aliphatic carbocycles. The van der Waals surface area contributed by atoms with Crippen molar-refractivity contribution in [3.63, 3.8) is 0 Å². The Morgan fingerprint density at radius 3 is 2.28 bits per heavy atom. The minimum Gasteiger partial charge on any atom is -0.497 e. The highest BCUT2D eigenvalue weighted by atomic mass is 35.7. The molecule has 0 saturated heterocycles. The maximum atomic E-state index is 6.50. The Hall–Kier alpha value is -0.183. The molecule has 102 valence electrons. The van der Waals surface area contributed by atoms with Gasteiger partial charge in [0.05, 0.1) is 7.11 Å². The van der Waals surface area contributed by atoms with Gasteiger partial charge in [-0.3, -0.25) is 0 Å². The molecular formula is C14H22Cl2OSi. The maximum absolute atomic E-state index is 6.50. The number of hydrogen-bond donors (Lipinski definition) is 0. The van der Waals surface area contributed by atoms with E-state index in [1.54, 1.807) is 7.11 Å². The van der Waals surface area contributed by atoms with Crippen LogP contribution in [0.5, 0.6) is 5.75 Å². The summed E-state index contributed by atoms with van der Waals surface area (Å²) in [6.45, 7) is 0.0936. The van der Waals surface area contributed by atoms with Crippen molar-refractivity contribution >= 4 is 28.9 Å². The normalized spacial score (nSPS) is 11.6. The quantitative estimate of drug-likeness (QED) is 0.361. The van der Waals surface area contributed by atoms with E-state index in [1.165, 1.54) is 24.8 Å². The van der Waals surface area contributed by atoms with Crippen LogP contribution in [0.15, 0.2) is 24.3 Å². The number of unbranched alkanes of at least 4 members (excludes halogenated alkanes) is 3. The van der Waals surface area contributed by atoms with E-state index in [1.807, 2.05) is 12.1 Å². The minimum atomic E-state index is -2.12. The van der Waals surface area contributed by atoms with Crippen LogP contribution in [0.2, 0.25) is 6.04 Å². The molecule has 0 fully saturated rings. The van der Waals surface area contributed by atoms with Gasteiger partial charge in [-0.25, -0.2) is 0 Å². The number of hydrogen-bond acceptors (Lipinski definition) is 1. The largest absolute Gasteiger partial charge is 0.497 e. The lowest BCUT2D eigenvalue weighted by Gasteiger charge is -2.16. The van der Waals surface area contributed by atoms with Gasteiger partial charge in [-0.05, 0) is 29.8 Å². The van der Waals surface area contributed by atoms with Crippen LogP contribution in [0.4, 0.5) is 0 Å². The van der Waals surface area contributed by atoms with Gasteiger partial charge in [-0.2, -0.15) is 0 Å². The Bertz CT molecular complexity index is 338. The summed E-state index contributed by atoms with van der Waals surface area (Å²) in [5.74, 6) is 0.873. The third kappa shape index (κ3) is 6.12. The highest BCUT2D eigenvalue weighted by Gasteiger charge is 2.27. The van der Waals surface area contributed by atoms with Gasteiger partial charge in [0.1, 0.15) is 5.75 Å². The van der Waals surface area contributed by atoms with E-state index in [9.17, 15) is 0 Å². The summed E-state index contributed by atoms with van der Waals surface area (Å²) in [6, 6.07) is 9.85. The van der Waals surface area contributed by atoms with Gasteiger partial charge in [0.2, 0.25) is 0 Å². The van der Waals surface area contributed by atoms with Crippen LogP contribution in [0.25, 0.3) is 0 Å². The summed E-state index contributed by atoms with van der Waals surface area (Å²) in [7, 11) is 1.67. The fourth-order valence-electron chi connectivity index (χ4n) is 1.94. The molecule has 18 heavy (non-hydrogen) atoms. The number of methoxy groups -OCH3 is 1. The topological polar surface area (TPSA) is 9.23 Å². The van der Waals surface area contributed by atoms with Gasteiger partial charge in [-0.15, -0.1) is 22.2 Å². The van der Waals surface area contributed by atoms with Crippen LogP contribution in [-0.4, -0.2) is 13.8 Å². The van der Waals surface area contributed by atoms with Crippen molar-refractivity contribution in [3.8, 4) is 5.75 Å². The fraction of sp³-hybridized carbons (Fsp3) is 0.571. The zero-order chi connectivity index (χ0) is 13.4. The van der Waals surface area contributed by atoms with Crippen LogP contribution in [0, 0.1) is 0 Å². The monoisotopic (exact) mass is 304 g/mol. The molecule has 0 bridgehead atoms. The van der Waals surface area contributed by atoms with E-state index in [-0.39, 0.29) is 0 Å². The van der Waals surface area contributed by atoms with Gasteiger partial charge in [0, 0.05) is 0 Å². The standard InChI is InChI=1S/C14H22Cl2OSi/c1-3-4-5-6-11-18(15,16)12-13-7-9-14(17-2)10-8-13/h7-10H,3-6,11-12H2,1-2H3. The molecule has 0 radical (unpaired) electrons. The summed E-state index contributed by atoms with van der Waals surface area (Å²) in [4.78, 5) is 0. The van der Waals surface area contributed by atoms with Crippen molar-refractivity contribution in [1.82, 2.24) is 0 Å². The zero-order valence-corrected chi connectivity index (χ0v) is 13.7. The molecule has 1 aromatic carbocycles. The zero-order valence-electron chi connectivity index (χ0n) is 11.2. The molecule has 0 atom stereocenters. The lowest BCUT2D eigenvalue weighted by molar-refractivity contribution is 0.414. The van der Waals surface area contributed by atoms with Gasteiger partial charge < -0.3 is 4.74 Å². The number of halogens is 2. The van der Waals surface area contributed by atoms with Crippen LogP contribution in [0.1, 0.15) is 38.2 Å². The smallest absolute Gasteiger partial charge is 0.255 e. The first-order valence-corrected chi connectivity index (χ1v) is 11.0. The second kappa shape index (κ2) is 8.08. The van der Waals surface area contributed by atoms with Gasteiger partial charge >= 0.3 is 0 Å². The molecule has 0 saturated carbocycles. The highest BCUT2D eigenvalue weighted by Crippen LogP contribution is 2.28. The molecule has 0 aliphatic heterocycles. The molecule has 1 nitrogen and oxygen atoms in total. The van der Waals surface area contributed by atoms with Crippen molar-refractivity contribution in [2.24, 2.45) is 0 Å². The van der Waals surface area contributed by atoms with Gasteiger partial charge in [-0.1, -0.05) is 44.7 Å². The average molecular weight is 305 g/mol. The summed E-state index contributed by atoms with van der Waals surface area (Å²) in [5, 5.41) is 0. The molecule has 0 spiro atoms. The molecule has 0 aliphatic rings. The lowest BCUT2D eigenvalue weighted by atomic mass is 10.2. The van der Waals surface area contributed by atoms with E-state index < -0.39 is 6.69 Å². The first-order valence-electron chi connectivity index (χ1n) is 6.58. The third-order valence-corrected chi connectivity index (χ3v) is 6.96. The van der Waals surface area contributed by atoms with Crippen LogP contribution in [-0.2, 0) is 6.04 Å². The summed E-state index contributed by atoms with van der Waals surface area (Å²) >= 11 is 13.0. The molecule has 1 rings (SSSR count). The van der Waals surface area contributed by atoms with Crippen molar-refractivity contribution in [1.29, 1.82) is 0 Å². The molecule has 4 heteroatoms. The van der Waals surface area contributed by atoms with Crippen LogP contribution in [0.3, 0.4) is 0 Å². The Kier molecular flexibility index (Phi) is 7.13. The predicted octanol–water partition coefficient (Wildman–Crippen LogP) is 5.28. The molecular weight excluding hydrogens is 283 g/mol. The van der Waals surface area contributed by atoms with Crippen molar-refractivity contribution < 1.29 is 4.74 Å². The second-order valence-corrected chi connectivity index (χ2v) is 12.2. The molecule has 1 aromatic rings. The van der Waals surface area contributed by atoms with Crippen molar-refractivity contribution in [3.05, 3.63) is 29.8 Å². The maximum Gasteiger partial charge on any atom is 0.255 e. The second-order valence-electron chi connectivity index (χ2n) is 4.69. The molecule has 0 aromatic heterocycles. The summed E-state index contributed by atoms with van der Waals surface area (Å²) < 4.78 is 5.14. The summed E-state index contributed by atoms with van der Waals surface area (Å²) in [6.07, 6.45) is 4.93. The Morgan fingerprint density at radius 2 is 1.72 bits per heavy atom. The Balaban J connectivity index is 2.42. The molecule has 0 amide bonds. The average Bonchev–Trinajstić information content (AvgIpc) is 2.35. The van der Waals surface area contributed by atoms with Gasteiger partial charge in [0.25, 0.3) is 6.69 Å². The first-order chi connectivity index (χ1) is 8.57. The number of ether oxygens (including phenoxy) is 1. The number of benzene rings is 1. The molecule has 0 heterocycles. The first kappa shape index (κ1) is 15.9. The van der Waals surface area contributed by atoms with E-state index in [2.05, 4.69) is 19.1 Å². The molecule has 0 unspecified atom stereocenters. The fourth-order valence-corrected chi connectivity index (χ4v) is 5.45. The third-order valence-electron chi connectivity index (χ3n) is 3.02. The van der Waals surface area contributed by atoms with E-state index in [0.717, 1.165) is 24.3 Å². The summed E-state index contributed by atoms with van der Waals surface area (Å²) in [5.41, 5.74) is 1.21. The van der Waals surface area contributed by atoms with Crippen LogP contribution < -0.4 is 4.74 Å². The lowest BCUT2D eigenvalue weighted by Crippen LogP contribution is -2.22. The SMILES string of the molecule is CCCCCC[Si](Cl)(Cl)Cc1ccc(OC)cc1. The van der Waals surface area contributed by atoms with Crippen LogP contribution >= 0.6 is 22.2 Å². The Morgan fingerprint density at radius 1 is 1.06 bits per heavy atom. The van der Waals surface area contributed by atoms with E-state index in [4.69, 9.17) is 26.9 Å². The number of rotatable bonds is 8. The van der Waals surface area contributed by atoms with E-state index >= 15 is 0 Å². The van der Waals surface area contributed by atoms with Crippen molar-refractivity contribution in [2.45, 2.75) is 44.7 Å². The van der Waals surface area contributed by atoms with Crippen molar-refractivity contribution in [2.75, 3.05) is 7.11 Å². The Labute approximate surface area is 121 Å². The van der Waals surface area contributed by atoms with Gasteiger partial charge in [0.15, 0.2) is 0 Å². The molecule has 0 N–H and O–H groups in total. The predicted molar refractivity (Wildman–Crippen MR) is 83.1 cm³/mol. The minimum absolute atomic E-state index is 0.826. The highest BCUT2D eigenvalue weighted by molar-refractivity contribution is 7.45.